The van der Waals surface area contributed by atoms with E-state index in [-0.39, 0.29) is 36.2 Å². The predicted octanol–water partition coefficient (Wildman–Crippen LogP) is 4.03. The van der Waals surface area contributed by atoms with Crippen molar-refractivity contribution in [3.8, 4) is 5.75 Å². The number of rotatable bonds is 9. The lowest BCUT2D eigenvalue weighted by Crippen LogP contribution is -2.29. The molecule has 29 heavy (non-hydrogen) atoms. The van der Waals surface area contributed by atoms with Gasteiger partial charge >= 0.3 is 5.97 Å². The van der Waals surface area contributed by atoms with Crippen LogP contribution in [-0.4, -0.2) is 23.5 Å². The summed E-state index contributed by atoms with van der Waals surface area (Å²) in [6.07, 6.45) is 0.642. The zero-order chi connectivity index (χ0) is 21.4. The van der Waals surface area contributed by atoms with E-state index in [1.54, 1.807) is 26.0 Å². The van der Waals surface area contributed by atoms with Crippen molar-refractivity contribution in [1.29, 1.82) is 0 Å². The number of hydrogen-bond acceptors (Lipinski definition) is 4. The van der Waals surface area contributed by atoms with E-state index in [1.165, 1.54) is 0 Å². The van der Waals surface area contributed by atoms with Crippen LogP contribution in [0.2, 0.25) is 0 Å². The van der Waals surface area contributed by atoms with Crippen LogP contribution < -0.4 is 10.1 Å². The van der Waals surface area contributed by atoms with Crippen LogP contribution in [0.5, 0.6) is 5.75 Å². The fraction of sp³-hybridized carbons (Fsp3) is 0.417. The average Bonchev–Trinajstić information content (AvgIpc) is 2.72. The minimum Gasteiger partial charge on any atom is -0.426 e. The molecule has 0 aromatic heterocycles. The van der Waals surface area contributed by atoms with E-state index in [9.17, 15) is 14.7 Å². The molecule has 0 bridgehead atoms. The summed E-state index contributed by atoms with van der Waals surface area (Å²) in [6, 6.07) is 15.3. The number of ether oxygens (including phenoxy) is 1. The Kier molecular flexibility index (Phi) is 8.40. The number of carbonyl (C=O) groups excluding carboxylic acids is 2. The lowest BCUT2D eigenvalue weighted by Gasteiger charge is -2.22. The highest BCUT2D eigenvalue weighted by atomic mass is 16.5. The molecule has 0 unspecified atom stereocenters. The molecule has 0 fully saturated rings. The highest BCUT2D eigenvalue weighted by Crippen LogP contribution is 2.35. The molecule has 1 amide bonds. The molecule has 0 saturated heterocycles. The number of nitrogens with one attached hydrogen (secondary N) is 1. The monoisotopic (exact) mass is 397 g/mol. The van der Waals surface area contributed by atoms with Crippen LogP contribution in [0, 0.1) is 11.8 Å². The zero-order valence-corrected chi connectivity index (χ0v) is 17.6. The Hall–Kier alpha value is -2.66. The standard InChI is InChI=1S/C24H31NO4/c1-16(2)23(27)25-13-12-20(19-8-6-5-7-9-19)21-14-18(15-26)10-11-22(21)29-24(28)17(3)4/h5-11,14,16-17,20,26H,12-13,15H2,1-4H3,(H,25,27)/t20-/m1/s1. The topological polar surface area (TPSA) is 75.6 Å². The third-order valence-corrected chi connectivity index (χ3v) is 4.77. The number of esters is 1. The van der Waals surface area contributed by atoms with Crippen molar-refractivity contribution in [1.82, 2.24) is 5.32 Å². The Bertz CT molecular complexity index is 815. The molecule has 156 valence electrons. The molecule has 0 saturated carbocycles. The first kappa shape index (κ1) is 22.6. The van der Waals surface area contributed by atoms with E-state index < -0.39 is 0 Å². The molecular formula is C24H31NO4. The van der Waals surface area contributed by atoms with Crippen molar-refractivity contribution in [2.24, 2.45) is 11.8 Å². The van der Waals surface area contributed by atoms with Crippen LogP contribution in [0.15, 0.2) is 48.5 Å². The number of carbonyl (C=O) groups is 2. The molecule has 1 atom stereocenters. The van der Waals surface area contributed by atoms with Crippen LogP contribution in [0.4, 0.5) is 0 Å². The molecule has 2 aromatic rings. The fourth-order valence-electron chi connectivity index (χ4n) is 3.02. The first-order valence-corrected chi connectivity index (χ1v) is 10.1. The summed E-state index contributed by atoms with van der Waals surface area (Å²) in [6.45, 7) is 7.70. The number of benzene rings is 2. The molecule has 2 N–H and O–H groups in total. The summed E-state index contributed by atoms with van der Waals surface area (Å²) < 4.78 is 5.67. The SMILES string of the molecule is CC(C)C(=O)NCC[C@H](c1ccccc1)c1cc(CO)ccc1OC(=O)C(C)C. The quantitative estimate of drug-likeness (QED) is 0.495. The van der Waals surface area contributed by atoms with Gasteiger partial charge in [-0.2, -0.15) is 0 Å². The first-order valence-electron chi connectivity index (χ1n) is 10.1. The van der Waals surface area contributed by atoms with E-state index in [2.05, 4.69) is 5.32 Å². The molecule has 0 aliphatic heterocycles. The summed E-state index contributed by atoms with van der Waals surface area (Å²) in [4.78, 5) is 24.2. The van der Waals surface area contributed by atoms with Gasteiger partial charge in [0.15, 0.2) is 0 Å². The van der Waals surface area contributed by atoms with Crippen molar-refractivity contribution in [3.05, 3.63) is 65.2 Å². The lowest BCUT2D eigenvalue weighted by atomic mass is 9.87. The van der Waals surface area contributed by atoms with Crippen molar-refractivity contribution in [2.75, 3.05) is 6.54 Å². The largest absolute Gasteiger partial charge is 0.426 e. The normalized spacial score (nSPS) is 12.1. The van der Waals surface area contributed by atoms with Crippen molar-refractivity contribution < 1.29 is 19.4 Å². The predicted molar refractivity (Wildman–Crippen MR) is 114 cm³/mol. The highest BCUT2D eigenvalue weighted by Gasteiger charge is 2.22. The van der Waals surface area contributed by atoms with Crippen LogP contribution in [0.25, 0.3) is 0 Å². The summed E-state index contributed by atoms with van der Waals surface area (Å²) >= 11 is 0. The Morgan fingerprint density at radius 3 is 2.28 bits per heavy atom. The van der Waals surface area contributed by atoms with Crippen molar-refractivity contribution in [3.63, 3.8) is 0 Å². The minimum atomic E-state index is -0.303. The Balaban J connectivity index is 2.40. The van der Waals surface area contributed by atoms with E-state index >= 15 is 0 Å². The lowest BCUT2D eigenvalue weighted by molar-refractivity contribution is -0.137. The van der Waals surface area contributed by atoms with Gasteiger partial charge in [0.05, 0.1) is 12.5 Å². The number of aliphatic hydroxyl groups excluding tert-OH is 1. The second-order valence-electron chi connectivity index (χ2n) is 7.80. The van der Waals surface area contributed by atoms with Crippen LogP contribution in [0.1, 0.15) is 56.7 Å². The fourth-order valence-corrected chi connectivity index (χ4v) is 3.02. The molecule has 5 nitrogen and oxygen atoms in total. The number of amides is 1. The minimum absolute atomic E-state index is 0.00683. The van der Waals surface area contributed by atoms with Gasteiger partial charge in [0, 0.05) is 23.9 Å². The third kappa shape index (κ3) is 6.43. The Morgan fingerprint density at radius 2 is 1.69 bits per heavy atom. The van der Waals surface area contributed by atoms with Gasteiger partial charge in [-0.1, -0.05) is 64.1 Å². The van der Waals surface area contributed by atoms with Gasteiger partial charge in [-0.05, 0) is 29.7 Å². The van der Waals surface area contributed by atoms with Gasteiger partial charge in [-0.3, -0.25) is 9.59 Å². The van der Waals surface area contributed by atoms with E-state index in [0.717, 1.165) is 16.7 Å². The molecular weight excluding hydrogens is 366 g/mol. The van der Waals surface area contributed by atoms with Crippen LogP contribution in [0.3, 0.4) is 0 Å². The Labute approximate surface area is 173 Å². The van der Waals surface area contributed by atoms with Gasteiger partial charge in [0.1, 0.15) is 5.75 Å². The molecule has 2 aromatic carbocycles. The van der Waals surface area contributed by atoms with Crippen molar-refractivity contribution in [2.45, 2.75) is 46.6 Å². The zero-order valence-electron chi connectivity index (χ0n) is 17.6. The maximum atomic E-state index is 12.2. The van der Waals surface area contributed by atoms with E-state index in [4.69, 9.17) is 4.74 Å². The molecule has 0 aliphatic rings. The summed E-state index contributed by atoms with van der Waals surface area (Å²) in [5.74, 6) is -0.225. The van der Waals surface area contributed by atoms with Gasteiger partial charge in [-0.25, -0.2) is 0 Å². The van der Waals surface area contributed by atoms with Crippen molar-refractivity contribution >= 4 is 11.9 Å². The third-order valence-electron chi connectivity index (χ3n) is 4.77. The average molecular weight is 398 g/mol. The highest BCUT2D eigenvalue weighted by molar-refractivity contribution is 5.77. The Morgan fingerprint density at radius 1 is 1.00 bits per heavy atom. The maximum absolute atomic E-state index is 12.2. The second-order valence-corrected chi connectivity index (χ2v) is 7.80. The van der Waals surface area contributed by atoms with Gasteiger partial charge in [0.25, 0.3) is 0 Å². The summed E-state index contributed by atoms with van der Waals surface area (Å²) in [5.41, 5.74) is 2.63. The van der Waals surface area contributed by atoms with Crippen LogP contribution in [-0.2, 0) is 16.2 Å². The number of hydrogen-bond donors (Lipinski definition) is 2. The van der Waals surface area contributed by atoms with Gasteiger partial charge in [-0.15, -0.1) is 0 Å². The van der Waals surface area contributed by atoms with E-state index in [1.807, 2.05) is 50.2 Å². The second kappa shape index (κ2) is 10.8. The molecule has 0 radical (unpaired) electrons. The molecule has 0 aliphatic carbocycles. The summed E-state index contributed by atoms with van der Waals surface area (Å²) in [5, 5.41) is 12.6. The maximum Gasteiger partial charge on any atom is 0.313 e. The smallest absolute Gasteiger partial charge is 0.313 e. The molecule has 5 heteroatoms. The van der Waals surface area contributed by atoms with Gasteiger partial charge in [0.2, 0.25) is 5.91 Å². The van der Waals surface area contributed by atoms with Crippen LogP contribution >= 0.6 is 0 Å². The summed E-state index contributed by atoms with van der Waals surface area (Å²) in [7, 11) is 0. The van der Waals surface area contributed by atoms with Gasteiger partial charge < -0.3 is 15.2 Å². The van der Waals surface area contributed by atoms with E-state index in [0.29, 0.717) is 18.7 Å². The molecule has 2 rings (SSSR count). The first-order chi connectivity index (χ1) is 13.8. The number of aliphatic hydroxyl groups is 1. The molecule has 0 spiro atoms. The molecule has 0 heterocycles.